The molecule has 5 nitrogen and oxygen atoms in total. The molecule has 5 heteroatoms. The van der Waals surface area contributed by atoms with Crippen molar-refractivity contribution in [3.63, 3.8) is 0 Å². The topological polar surface area (TPSA) is 60.2 Å². The molecule has 1 saturated carbocycles. The van der Waals surface area contributed by atoms with Crippen molar-refractivity contribution in [3.05, 3.63) is 18.6 Å². The maximum atomic E-state index is 9.15. The van der Waals surface area contributed by atoms with E-state index in [1.54, 1.807) is 12.5 Å². The van der Waals surface area contributed by atoms with Crippen LogP contribution in [0.2, 0.25) is 0 Å². The molecule has 0 saturated heterocycles. The zero-order valence-corrected chi connectivity index (χ0v) is 11.1. The third-order valence-electron chi connectivity index (χ3n) is 3.94. The number of hydrogen-bond acceptors (Lipinski definition) is 4. The molecule has 0 aromatic carbocycles. The molecule has 2 aromatic heterocycles. The Morgan fingerprint density at radius 1 is 1.32 bits per heavy atom. The zero-order chi connectivity index (χ0) is 13.2. The van der Waals surface area contributed by atoms with Gasteiger partial charge < -0.3 is 14.4 Å². The van der Waals surface area contributed by atoms with Gasteiger partial charge in [0.25, 0.3) is 0 Å². The summed E-state index contributed by atoms with van der Waals surface area (Å²) in [4.78, 5) is 8.66. The van der Waals surface area contributed by atoms with Gasteiger partial charge in [0.05, 0.1) is 11.8 Å². The Hall–Kier alpha value is -1.62. The Balaban J connectivity index is 1.75. The maximum Gasteiger partial charge on any atom is 0.242 e. The van der Waals surface area contributed by atoms with Gasteiger partial charge >= 0.3 is 0 Å². The van der Waals surface area contributed by atoms with Gasteiger partial charge in [0.2, 0.25) is 5.88 Å². The number of aliphatic hydroxyl groups excluding tert-OH is 1. The highest BCUT2D eigenvalue weighted by atomic mass is 16.5. The number of fused-ring (bicyclic) bond motifs is 1. The lowest BCUT2D eigenvalue weighted by Gasteiger charge is -2.27. The van der Waals surface area contributed by atoms with E-state index in [1.807, 2.05) is 17.7 Å². The van der Waals surface area contributed by atoms with Crippen molar-refractivity contribution >= 4 is 11.0 Å². The largest absolute Gasteiger partial charge is 0.473 e. The normalized spacial score (nSPS) is 23.7. The fourth-order valence-corrected chi connectivity index (χ4v) is 2.71. The maximum absolute atomic E-state index is 9.15. The highest BCUT2D eigenvalue weighted by Gasteiger charge is 2.23. The van der Waals surface area contributed by atoms with Crippen LogP contribution in [0.25, 0.3) is 11.0 Å². The van der Waals surface area contributed by atoms with Crippen LogP contribution in [-0.4, -0.2) is 32.4 Å². The average molecular weight is 261 g/mol. The van der Waals surface area contributed by atoms with Crippen LogP contribution in [0.1, 0.15) is 25.7 Å². The lowest BCUT2D eigenvalue weighted by Crippen LogP contribution is -2.25. The molecule has 0 bridgehead atoms. The van der Waals surface area contributed by atoms with Crippen LogP contribution in [-0.2, 0) is 7.05 Å². The number of aliphatic hydroxyl groups is 1. The number of aryl methyl sites for hydroxylation is 1. The van der Waals surface area contributed by atoms with E-state index in [2.05, 4.69) is 9.97 Å². The molecule has 0 amide bonds. The number of ether oxygens (including phenoxy) is 1. The van der Waals surface area contributed by atoms with Crippen LogP contribution >= 0.6 is 0 Å². The van der Waals surface area contributed by atoms with Crippen LogP contribution in [0.3, 0.4) is 0 Å². The molecule has 19 heavy (non-hydrogen) atoms. The van der Waals surface area contributed by atoms with Crippen LogP contribution in [0.5, 0.6) is 5.88 Å². The highest BCUT2D eigenvalue weighted by Crippen LogP contribution is 2.29. The lowest BCUT2D eigenvalue weighted by atomic mass is 9.88. The molecule has 1 aliphatic rings. The average Bonchev–Trinajstić information content (AvgIpc) is 2.83. The summed E-state index contributed by atoms with van der Waals surface area (Å²) in [6, 6.07) is 1.94. The molecule has 1 N–H and O–H groups in total. The van der Waals surface area contributed by atoms with Gasteiger partial charge in [-0.2, -0.15) is 0 Å². The highest BCUT2D eigenvalue weighted by molar-refractivity contribution is 5.79. The number of imidazole rings is 1. The summed E-state index contributed by atoms with van der Waals surface area (Å²) in [5.74, 6) is 1.07. The third-order valence-corrected chi connectivity index (χ3v) is 3.94. The Morgan fingerprint density at radius 2 is 2.11 bits per heavy atom. The molecule has 0 aliphatic heterocycles. The van der Waals surface area contributed by atoms with Crippen molar-refractivity contribution in [1.29, 1.82) is 0 Å². The number of aromatic nitrogens is 3. The monoisotopic (exact) mass is 261 g/mol. The molecule has 0 atom stereocenters. The van der Waals surface area contributed by atoms with Gasteiger partial charge in [-0.25, -0.2) is 9.97 Å². The molecule has 1 aliphatic carbocycles. The zero-order valence-electron chi connectivity index (χ0n) is 11.1. The van der Waals surface area contributed by atoms with Crippen molar-refractivity contribution in [2.75, 3.05) is 6.61 Å². The summed E-state index contributed by atoms with van der Waals surface area (Å²) in [5.41, 5.74) is 1.86. The van der Waals surface area contributed by atoms with Crippen molar-refractivity contribution in [1.82, 2.24) is 14.5 Å². The summed E-state index contributed by atoms with van der Waals surface area (Å²) in [6.07, 6.45) is 7.76. The summed E-state index contributed by atoms with van der Waals surface area (Å²) in [7, 11) is 1.96. The molecule has 102 valence electrons. The predicted octanol–water partition coefficient (Wildman–Crippen LogP) is 1.90. The first kappa shape index (κ1) is 12.4. The molecular weight excluding hydrogens is 242 g/mol. The van der Waals surface area contributed by atoms with Crippen LogP contribution in [0.4, 0.5) is 0 Å². The second-order valence-electron chi connectivity index (χ2n) is 5.28. The first-order chi connectivity index (χ1) is 9.28. The van der Waals surface area contributed by atoms with Gasteiger partial charge in [-0.05, 0) is 37.7 Å². The Labute approximate surface area is 112 Å². The molecule has 0 unspecified atom stereocenters. The van der Waals surface area contributed by atoms with Gasteiger partial charge in [-0.1, -0.05) is 0 Å². The van der Waals surface area contributed by atoms with Gasteiger partial charge in [-0.15, -0.1) is 0 Å². The van der Waals surface area contributed by atoms with E-state index in [0.717, 1.165) is 36.7 Å². The summed E-state index contributed by atoms with van der Waals surface area (Å²) < 4.78 is 7.97. The van der Waals surface area contributed by atoms with E-state index in [9.17, 15) is 0 Å². The summed E-state index contributed by atoms with van der Waals surface area (Å²) in [6.45, 7) is 0.292. The van der Waals surface area contributed by atoms with E-state index in [1.165, 1.54) is 0 Å². The SMILES string of the molecule is Cn1cnc2c(OC3CCC(CO)CC3)nccc21. The van der Waals surface area contributed by atoms with Gasteiger partial charge in [0.15, 0.2) is 5.52 Å². The standard InChI is InChI=1S/C14H19N3O2/c1-17-9-16-13-12(17)6-7-15-14(13)19-11-4-2-10(8-18)3-5-11/h6-7,9-11,18H,2-5,8H2,1H3. The molecule has 3 rings (SSSR count). The fraction of sp³-hybridized carbons (Fsp3) is 0.571. The molecule has 0 spiro atoms. The van der Waals surface area contributed by atoms with Crippen molar-refractivity contribution < 1.29 is 9.84 Å². The number of hydrogen-bond donors (Lipinski definition) is 1. The molecule has 2 heterocycles. The minimum absolute atomic E-state index is 0.197. The van der Waals surface area contributed by atoms with E-state index in [-0.39, 0.29) is 6.10 Å². The number of pyridine rings is 1. The molecule has 2 aromatic rings. The van der Waals surface area contributed by atoms with Crippen molar-refractivity contribution in [3.8, 4) is 5.88 Å². The van der Waals surface area contributed by atoms with Gasteiger partial charge in [0.1, 0.15) is 6.10 Å². The van der Waals surface area contributed by atoms with Gasteiger partial charge in [-0.3, -0.25) is 0 Å². The third kappa shape index (κ3) is 2.42. The number of nitrogens with zero attached hydrogens (tertiary/aromatic N) is 3. The van der Waals surface area contributed by atoms with E-state index in [0.29, 0.717) is 18.4 Å². The lowest BCUT2D eigenvalue weighted by molar-refractivity contribution is 0.102. The van der Waals surface area contributed by atoms with Crippen LogP contribution in [0.15, 0.2) is 18.6 Å². The Kier molecular flexibility index (Phi) is 3.38. The Bertz CT molecular complexity index is 559. The summed E-state index contributed by atoms with van der Waals surface area (Å²) >= 11 is 0. The fourth-order valence-electron chi connectivity index (χ4n) is 2.71. The second-order valence-corrected chi connectivity index (χ2v) is 5.28. The first-order valence-corrected chi connectivity index (χ1v) is 6.81. The first-order valence-electron chi connectivity index (χ1n) is 6.81. The van der Waals surface area contributed by atoms with Gasteiger partial charge in [0, 0.05) is 19.9 Å². The van der Waals surface area contributed by atoms with E-state index < -0.39 is 0 Å². The predicted molar refractivity (Wildman–Crippen MR) is 72.0 cm³/mol. The van der Waals surface area contributed by atoms with Crippen molar-refractivity contribution in [2.24, 2.45) is 13.0 Å². The molecular formula is C14H19N3O2. The van der Waals surface area contributed by atoms with Crippen LogP contribution < -0.4 is 4.74 Å². The molecule has 1 fully saturated rings. The quantitative estimate of drug-likeness (QED) is 0.916. The minimum Gasteiger partial charge on any atom is -0.473 e. The molecule has 0 radical (unpaired) electrons. The number of rotatable bonds is 3. The van der Waals surface area contributed by atoms with E-state index in [4.69, 9.17) is 9.84 Å². The Morgan fingerprint density at radius 3 is 2.84 bits per heavy atom. The summed E-state index contributed by atoms with van der Waals surface area (Å²) in [5, 5.41) is 9.15. The smallest absolute Gasteiger partial charge is 0.242 e. The van der Waals surface area contributed by atoms with Crippen molar-refractivity contribution in [2.45, 2.75) is 31.8 Å². The minimum atomic E-state index is 0.197. The second kappa shape index (κ2) is 5.17. The van der Waals surface area contributed by atoms with Crippen LogP contribution in [0, 0.1) is 5.92 Å². The van der Waals surface area contributed by atoms with E-state index >= 15 is 0 Å².